The van der Waals surface area contributed by atoms with E-state index in [-0.39, 0.29) is 5.91 Å². The summed E-state index contributed by atoms with van der Waals surface area (Å²) >= 11 is 6.15. The summed E-state index contributed by atoms with van der Waals surface area (Å²) in [4.78, 5) is 20.8. The van der Waals surface area contributed by atoms with E-state index in [1.165, 1.54) is 5.56 Å². The highest BCUT2D eigenvalue weighted by molar-refractivity contribution is 6.31. The molecule has 0 radical (unpaired) electrons. The molecule has 1 amide bonds. The summed E-state index contributed by atoms with van der Waals surface area (Å²) in [5.41, 5.74) is 2.31. The quantitative estimate of drug-likeness (QED) is 0.837. The summed E-state index contributed by atoms with van der Waals surface area (Å²) in [5, 5.41) is 0.743. The number of carbonyl (C=O) groups is 1. The van der Waals surface area contributed by atoms with Crippen molar-refractivity contribution in [3.63, 3.8) is 0 Å². The first-order valence-corrected chi connectivity index (χ1v) is 8.72. The normalized spacial score (nSPS) is 15.5. The number of rotatable bonds is 5. The Labute approximate surface area is 148 Å². The van der Waals surface area contributed by atoms with E-state index in [4.69, 9.17) is 11.6 Å². The van der Waals surface area contributed by atoms with Gasteiger partial charge >= 0.3 is 0 Å². The summed E-state index contributed by atoms with van der Waals surface area (Å²) < 4.78 is 0. The molecule has 1 aliphatic rings. The van der Waals surface area contributed by atoms with E-state index in [0.29, 0.717) is 12.8 Å². The van der Waals surface area contributed by atoms with Gasteiger partial charge in [0.1, 0.15) is 0 Å². The molecule has 1 saturated heterocycles. The molecular weight excluding hydrogens is 322 g/mol. The lowest BCUT2D eigenvalue weighted by Gasteiger charge is -2.34. The average Bonchev–Trinajstić information content (AvgIpc) is 2.62. The number of benzene rings is 1. The van der Waals surface area contributed by atoms with Crippen LogP contribution in [-0.4, -0.2) is 46.9 Å². The molecule has 0 aliphatic carbocycles. The van der Waals surface area contributed by atoms with Gasteiger partial charge in [-0.3, -0.25) is 14.7 Å². The zero-order valence-electron chi connectivity index (χ0n) is 13.7. The Morgan fingerprint density at radius 3 is 2.46 bits per heavy atom. The Kier molecular flexibility index (Phi) is 5.83. The van der Waals surface area contributed by atoms with Crippen molar-refractivity contribution in [2.45, 2.75) is 19.4 Å². The summed E-state index contributed by atoms with van der Waals surface area (Å²) in [6, 6.07) is 11.8. The molecule has 3 rings (SSSR count). The standard InChI is InChI=1S/C19H22ClN3O/c20-18-4-2-1-3-17(18)5-6-19(24)23-13-11-22(12-14-23)15-16-7-9-21-10-8-16/h1-4,7-10H,5-6,11-15H2. The van der Waals surface area contributed by atoms with Gasteiger partial charge in [0.25, 0.3) is 0 Å². The van der Waals surface area contributed by atoms with Gasteiger partial charge in [-0.2, -0.15) is 0 Å². The SMILES string of the molecule is O=C(CCc1ccccc1Cl)N1CCN(Cc2ccncc2)CC1. The third-order valence-electron chi connectivity index (χ3n) is 4.45. The van der Waals surface area contributed by atoms with Crippen LogP contribution in [0.15, 0.2) is 48.8 Å². The van der Waals surface area contributed by atoms with E-state index in [1.807, 2.05) is 53.7 Å². The molecule has 2 heterocycles. The van der Waals surface area contributed by atoms with Crippen molar-refractivity contribution in [3.8, 4) is 0 Å². The second-order valence-corrected chi connectivity index (χ2v) is 6.51. The van der Waals surface area contributed by atoms with Gasteiger partial charge in [-0.05, 0) is 35.7 Å². The number of amides is 1. The van der Waals surface area contributed by atoms with Crippen LogP contribution in [-0.2, 0) is 17.8 Å². The molecule has 126 valence electrons. The van der Waals surface area contributed by atoms with Gasteiger partial charge < -0.3 is 4.90 Å². The number of aryl methyl sites for hydroxylation is 1. The molecule has 1 aromatic carbocycles. The van der Waals surface area contributed by atoms with Crippen LogP contribution in [0.3, 0.4) is 0 Å². The van der Waals surface area contributed by atoms with Crippen molar-refractivity contribution in [2.24, 2.45) is 0 Å². The minimum Gasteiger partial charge on any atom is -0.340 e. The van der Waals surface area contributed by atoms with Crippen molar-refractivity contribution >= 4 is 17.5 Å². The van der Waals surface area contributed by atoms with E-state index in [2.05, 4.69) is 9.88 Å². The third kappa shape index (κ3) is 4.56. The van der Waals surface area contributed by atoms with E-state index >= 15 is 0 Å². The zero-order valence-corrected chi connectivity index (χ0v) is 14.5. The van der Waals surface area contributed by atoms with Crippen LogP contribution in [0.25, 0.3) is 0 Å². The lowest BCUT2D eigenvalue weighted by molar-refractivity contribution is -0.133. The maximum Gasteiger partial charge on any atom is 0.222 e. The summed E-state index contributed by atoms with van der Waals surface area (Å²) in [6.07, 6.45) is 4.87. The number of nitrogens with zero attached hydrogens (tertiary/aromatic N) is 3. The van der Waals surface area contributed by atoms with Crippen LogP contribution in [0.5, 0.6) is 0 Å². The van der Waals surface area contributed by atoms with Crippen molar-refractivity contribution in [3.05, 3.63) is 64.9 Å². The van der Waals surface area contributed by atoms with Gasteiger partial charge in [-0.25, -0.2) is 0 Å². The molecule has 0 bridgehead atoms. The van der Waals surface area contributed by atoms with Crippen LogP contribution < -0.4 is 0 Å². The average molecular weight is 344 g/mol. The number of carbonyl (C=O) groups excluding carboxylic acids is 1. The number of pyridine rings is 1. The number of piperazine rings is 1. The van der Waals surface area contributed by atoms with Crippen molar-refractivity contribution in [1.82, 2.24) is 14.8 Å². The topological polar surface area (TPSA) is 36.4 Å². The monoisotopic (exact) mass is 343 g/mol. The van der Waals surface area contributed by atoms with Gasteiger partial charge in [-0.1, -0.05) is 29.8 Å². The second-order valence-electron chi connectivity index (χ2n) is 6.10. The lowest BCUT2D eigenvalue weighted by atomic mass is 10.1. The maximum absolute atomic E-state index is 12.4. The van der Waals surface area contributed by atoms with Gasteiger partial charge in [0, 0.05) is 56.6 Å². The molecule has 0 atom stereocenters. The molecule has 2 aromatic rings. The summed E-state index contributed by atoms with van der Waals surface area (Å²) in [7, 11) is 0. The Hall–Kier alpha value is -1.91. The lowest BCUT2D eigenvalue weighted by Crippen LogP contribution is -2.48. The fourth-order valence-electron chi connectivity index (χ4n) is 3.00. The highest BCUT2D eigenvalue weighted by Gasteiger charge is 2.21. The van der Waals surface area contributed by atoms with Gasteiger partial charge in [-0.15, -0.1) is 0 Å². The van der Waals surface area contributed by atoms with Crippen LogP contribution in [0.4, 0.5) is 0 Å². The molecular formula is C19H22ClN3O. The van der Waals surface area contributed by atoms with E-state index < -0.39 is 0 Å². The molecule has 0 spiro atoms. The predicted octanol–water partition coefficient (Wildman–Crippen LogP) is 3.01. The molecule has 1 aromatic heterocycles. The number of aromatic nitrogens is 1. The molecule has 24 heavy (non-hydrogen) atoms. The molecule has 1 fully saturated rings. The Bertz CT molecular complexity index is 669. The van der Waals surface area contributed by atoms with Gasteiger partial charge in [0.15, 0.2) is 0 Å². The maximum atomic E-state index is 12.4. The van der Waals surface area contributed by atoms with Crippen molar-refractivity contribution in [1.29, 1.82) is 0 Å². The van der Waals surface area contributed by atoms with Crippen LogP contribution in [0.2, 0.25) is 5.02 Å². The second kappa shape index (κ2) is 8.27. The van der Waals surface area contributed by atoms with Crippen LogP contribution in [0.1, 0.15) is 17.5 Å². The van der Waals surface area contributed by atoms with E-state index in [9.17, 15) is 4.79 Å². The number of halogens is 1. The zero-order chi connectivity index (χ0) is 16.8. The van der Waals surface area contributed by atoms with Crippen LogP contribution in [0, 0.1) is 0 Å². The minimum absolute atomic E-state index is 0.221. The smallest absolute Gasteiger partial charge is 0.222 e. The van der Waals surface area contributed by atoms with Crippen molar-refractivity contribution < 1.29 is 4.79 Å². The first-order valence-electron chi connectivity index (χ1n) is 8.35. The first-order chi connectivity index (χ1) is 11.7. The van der Waals surface area contributed by atoms with Gasteiger partial charge in [0.2, 0.25) is 5.91 Å². The molecule has 5 heteroatoms. The largest absolute Gasteiger partial charge is 0.340 e. The van der Waals surface area contributed by atoms with Crippen LogP contribution >= 0.6 is 11.6 Å². The molecule has 0 saturated carbocycles. The Morgan fingerprint density at radius 1 is 1.04 bits per heavy atom. The summed E-state index contributed by atoms with van der Waals surface area (Å²) in [5.74, 6) is 0.221. The Morgan fingerprint density at radius 2 is 1.75 bits per heavy atom. The fraction of sp³-hybridized carbons (Fsp3) is 0.368. The molecule has 1 aliphatic heterocycles. The summed E-state index contributed by atoms with van der Waals surface area (Å²) in [6.45, 7) is 4.35. The van der Waals surface area contributed by atoms with E-state index in [0.717, 1.165) is 43.3 Å². The molecule has 0 N–H and O–H groups in total. The van der Waals surface area contributed by atoms with Crippen molar-refractivity contribution in [2.75, 3.05) is 26.2 Å². The number of hydrogen-bond acceptors (Lipinski definition) is 3. The van der Waals surface area contributed by atoms with Gasteiger partial charge in [0.05, 0.1) is 0 Å². The highest BCUT2D eigenvalue weighted by Crippen LogP contribution is 2.17. The Balaban J connectivity index is 1.44. The fourth-order valence-corrected chi connectivity index (χ4v) is 3.23. The number of hydrogen-bond donors (Lipinski definition) is 0. The minimum atomic E-state index is 0.221. The third-order valence-corrected chi connectivity index (χ3v) is 4.82. The highest BCUT2D eigenvalue weighted by atomic mass is 35.5. The first kappa shape index (κ1) is 16.9. The molecule has 4 nitrogen and oxygen atoms in total. The predicted molar refractivity (Wildman–Crippen MR) is 95.9 cm³/mol. The molecule has 0 unspecified atom stereocenters. The van der Waals surface area contributed by atoms with E-state index in [1.54, 1.807) is 0 Å².